The maximum Gasteiger partial charge on any atom is 0.319 e. The number of carbonyl (C=O) groups excluding carboxylic acids is 2. The minimum atomic E-state index is -0.258. The molecule has 2 N–H and O–H groups in total. The first kappa shape index (κ1) is 16.3. The topological polar surface area (TPSA) is 61.4 Å². The minimum Gasteiger partial charge on any atom is -0.338 e. The van der Waals surface area contributed by atoms with E-state index >= 15 is 0 Å². The van der Waals surface area contributed by atoms with Gasteiger partial charge in [0.1, 0.15) is 0 Å². The van der Waals surface area contributed by atoms with E-state index in [2.05, 4.69) is 17.6 Å². The van der Waals surface area contributed by atoms with Crippen LogP contribution in [-0.2, 0) is 0 Å². The van der Waals surface area contributed by atoms with Crippen molar-refractivity contribution in [1.29, 1.82) is 0 Å². The van der Waals surface area contributed by atoms with Crippen LogP contribution in [0.15, 0.2) is 24.3 Å². The zero-order valence-electron chi connectivity index (χ0n) is 13.6. The van der Waals surface area contributed by atoms with Crippen LogP contribution in [0, 0.1) is 5.92 Å². The van der Waals surface area contributed by atoms with E-state index in [0.29, 0.717) is 17.2 Å². The van der Waals surface area contributed by atoms with Crippen molar-refractivity contribution >= 4 is 17.6 Å². The first-order valence-electron chi connectivity index (χ1n) is 7.92. The van der Waals surface area contributed by atoms with Crippen LogP contribution in [0.25, 0.3) is 0 Å². The SMILES string of the molecule is CC1CCCN(C(=O)c2cccc(NC(=O)NC(C)C)c2)C1. The second-order valence-electron chi connectivity index (χ2n) is 6.33. The predicted octanol–water partition coefficient (Wildman–Crippen LogP) is 3.09. The summed E-state index contributed by atoms with van der Waals surface area (Å²) in [6, 6.07) is 6.93. The molecule has 5 nitrogen and oxygen atoms in total. The summed E-state index contributed by atoms with van der Waals surface area (Å²) in [7, 11) is 0. The van der Waals surface area contributed by atoms with Crippen LogP contribution < -0.4 is 10.6 Å². The van der Waals surface area contributed by atoms with E-state index < -0.39 is 0 Å². The van der Waals surface area contributed by atoms with Crippen molar-refractivity contribution in [2.75, 3.05) is 18.4 Å². The lowest BCUT2D eigenvalue weighted by molar-refractivity contribution is 0.0683. The fourth-order valence-electron chi connectivity index (χ4n) is 2.72. The Morgan fingerprint density at radius 1 is 1.32 bits per heavy atom. The highest BCUT2D eigenvalue weighted by atomic mass is 16.2. The lowest BCUT2D eigenvalue weighted by atomic mass is 9.99. The van der Waals surface area contributed by atoms with Crippen molar-refractivity contribution in [2.45, 2.75) is 39.7 Å². The van der Waals surface area contributed by atoms with Gasteiger partial charge in [-0.15, -0.1) is 0 Å². The second kappa shape index (κ2) is 7.29. The van der Waals surface area contributed by atoms with E-state index in [-0.39, 0.29) is 18.0 Å². The zero-order chi connectivity index (χ0) is 16.1. The molecule has 1 aliphatic rings. The van der Waals surface area contributed by atoms with Gasteiger partial charge in [-0.05, 0) is 50.8 Å². The molecule has 120 valence electrons. The lowest BCUT2D eigenvalue weighted by Gasteiger charge is -2.31. The first-order valence-corrected chi connectivity index (χ1v) is 7.92. The number of piperidine rings is 1. The number of carbonyl (C=O) groups is 2. The Balaban J connectivity index is 2.04. The Bertz CT molecular complexity index is 542. The third kappa shape index (κ3) is 4.48. The van der Waals surface area contributed by atoms with E-state index in [1.807, 2.05) is 18.7 Å². The van der Waals surface area contributed by atoms with Gasteiger partial charge in [-0.25, -0.2) is 4.79 Å². The molecule has 0 bridgehead atoms. The van der Waals surface area contributed by atoms with E-state index in [1.54, 1.807) is 24.3 Å². The van der Waals surface area contributed by atoms with Crippen LogP contribution in [-0.4, -0.2) is 36.0 Å². The number of anilines is 1. The van der Waals surface area contributed by atoms with Gasteiger partial charge in [0, 0.05) is 30.4 Å². The van der Waals surface area contributed by atoms with Gasteiger partial charge in [0.2, 0.25) is 0 Å². The summed E-state index contributed by atoms with van der Waals surface area (Å²) in [5, 5.41) is 5.52. The summed E-state index contributed by atoms with van der Waals surface area (Å²) in [6.07, 6.45) is 2.24. The maximum absolute atomic E-state index is 12.6. The summed E-state index contributed by atoms with van der Waals surface area (Å²) in [5.74, 6) is 0.593. The van der Waals surface area contributed by atoms with Crippen molar-refractivity contribution in [3.63, 3.8) is 0 Å². The molecule has 5 heteroatoms. The molecule has 0 saturated carbocycles. The van der Waals surface area contributed by atoms with Crippen LogP contribution in [0.1, 0.15) is 44.0 Å². The molecule has 0 radical (unpaired) electrons. The normalized spacial score (nSPS) is 18.2. The summed E-state index contributed by atoms with van der Waals surface area (Å²) in [5.41, 5.74) is 1.26. The standard InChI is InChI=1S/C17H25N3O2/c1-12(2)18-17(22)19-15-8-4-7-14(10-15)16(21)20-9-5-6-13(3)11-20/h4,7-8,10,12-13H,5-6,9,11H2,1-3H3,(H2,18,19,22). The van der Waals surface area contributed by atoms with Gasteiger partial charge in [-0.1, -0.05) is 13.0 Å². The largest absolute Gasteiger partial charge is 0.338 e. The third-order valence-corrected chi connectivity index (χ3v) is 3.73. The van der Waals surface area contributed by atoms with Crippen molar-refractivity contribution in [2.24, 2.45) is 5.92 Å². The van der Waals surface area contributed by atoms with E-state index in [0.717, 1.165) is 19.5 Å². The number of amides is 3. The number of benzene rings is 1. The molecule has 2 rings (SSSR count). The summed E-state index contributed by atoms with van der Waals surface area (Å²) < 4.78 is 0. The molecule has 0 spiro atoms. The monoisotopic (exact) mass is 303 g/mol. The summed E-state index contributed by atoms with van der Waals surface area (Å²) in [6.45, 7) is 7.60. The molecule has 1 heterocycles. The second-order valence-corrected chi connectivity index (χ2v) is 6.33. The van der Waals surface area contributed by atoms with Crippen LogP contribution in [0.3, 0.4) is 0 Å². The van der Waals surface area contributed by atoms with Crippen LogP contribution in [0.5, 0.6) is 0 Å². The molecule has 22 heavy (non-hydrogen) atoms. The number of nitrogens with zero attached hydrogens (tertiary/aromatic N) is 1. The fraction of sp³-hybridized carbons (Fsp3) is 0.529. The predicted molar refractivity (Wildman–Crippen MR) is 88.0 cm³/mol. The van der Waals surface area contributed by atoms with Gasteiger partial charge in [0.25, 0.3) is 5.91 Å². The van der Waals surface area contributed by atoms with Crippen LogP contribution in [0.2, 0.25) is 0 Å². The minimum absolute atomic E-state index is 0.0412. The average Bonchev–Trinajstić information content (AvgIpc) is 2.45. The van der Waals surface area contributed by atoms with E-state index in [1.165, 1.54) is 6.42 Å². The molecule has 1 aromatic carbocycles. The van der Waals surface area contributed by atoms with Gasteiger partial charge in [0.05, 0.1) is 0 Å². The van der Waals surface area contributed by atoms with Crippen molar-refractivity contribution in [3.05, 3.63) is 29.8 Å². The van der Waals surface area contributed by atoms with Gasteiger partial charge in [-0.3, -0.25) is 4.79 Å². The van der Waals surface area contributed by atoms with Gasteiger partial charge in [-0.2, -0.15) is 0 Å². The molecule has 3 amide bonds. The van der Waals surface area contributed by atoms with Gasteiger partial charge >= 0.3 is 6.03 Å². The molecule has 1 aliphatic heterocycles. The number of likely N-dealkylation sites (tertiary alicyclic amines) is 1. The number of hydrogen-bond donors (Lipinski definition) is 2. The molecule has 1 fully saturated rings. The van der Waals surface area contributed by atoms with Crippen LogP contribution in [0.4, 0.5) is 10.5 Å². The Hall–Kier alpha value is -2.04. The lowest BCUT2D eigenvalue weighted by Crippen LogP contribution is -2.39. The maximum atomic E-state index is 12.6. The number of rotatable bonds is 3. The van der Waals surface area contributed by atoms with Gasteiger partial charge in [0.15, 0.2) is 0 Å². The quantitative estimate of drug-likeness (QED) is 0.901. The molecular weight excluding hydrogens is 278 g/mol. The van der Waals surface area contributed by atoms with Crippen molar-refractivity contribution in [3.8, 4) is 0 Å². The van der Waals surface area contributed by atoms with E-state index in [9.17, 15) is 9.59 Å². The Morgan fingerprint density at radius 3 is 2.77 bits per heavy atom. The molecule has 0 aromatic heterocycles. The molecule has 1 unspecified atom stereocenters. The number of nitrogens with one attached hydrogen (secondary N) is 2. The Labute approximate surface area is 132 Å². The van der Waals surface area contributed by atoms with E-state index in [4.69, 9.17) is 0 Å². The number of urea groups is 1. The molecule has 1 saturated heterocycles. The Kier molecular flexibility index (Phi) is 5.41. The highest BCUT2D eigenvalue weighted by Crippen LogP contribution is 2.19. The average molecular weight is 303 g/mol. The number of hydrogen-bond acceptors (Lipinski definition) is 2. The third-order valence-electron chi connectivity index (χ3n) is 3.73. The zero-order valence-corrected chi connectivity index (χ0v) is 13.6. The molecule has 0 aliphatic carbocycles. The first-order chi connectivity index (χ1) is 10.5. The highest BCUT2D eigenvalue weighted by molar-refractivity contribution is 5.97. The summed E-state index contributed by atoms with van der Waals surface area (Å²) >= 11 is 0. The molecular formula is C17H25N3O2. The fourth-order valence-corrected chi connectivity index (χ4v) is 2.72. The summed E-state index contributed by atoms with van der Waals surface area (Å²) in [4.78, 5) is 26.2. The highest BCUT2D eigenvalue weighted by Gasteiger charge is 2.22. The van der Waals surface area contributed by atoms with Crippen molar-refractivity contribution < 1.29 is 9.59 Å². The van der Waals surface area contributed by atoms with Gasteiger partial charge < -0.3 is 15.5 Å². The Morgan fingerprint density at radius 2 is 2.09 bits per heavy atom. The smallest absolute Gasteiger partial charge is 0.319 e. The molecule has 1 aromatic rings. The molecule has 1 atom stereocenters. The van der Waals surface area contributed by atoms with Crippen LogP contribution >= 0.6 is 0 Å². The van der Waals surface area contributed by atoms with Crippen molar-refractivity contribution in [1.82, 2.24) is 10.2 Å².